The first-order valence-electron chi connectivity index (χ1n) is 5.23. The summed E-state index contributed by atoms with van der Waals surface area (Å²) in [5.41, 5.74) is -1.21. The Balaban J connectivity index is 2.08. The molecule has 0 radical (unpaired) electrons. The minimum atomic E-state index is -1.43. The third-order valence-corrected chi connectivity index (χ3v) is 2.91. The van der Waals surface area contributed by atoms with Crippen LogP contribution in [0.2, 0.25) is 0 Å². The smallest absolute Gasteiger partial charge is 0.269 e. The molecule has 1 fully saturated rings. The molecule has 0 saturated heterocycles. The van der Waals surface area contributed by atoms with Crippen LogP contribution in [0.15, 0.2) is 24.3 Å². The molecule has 0 spiro atoms. The Labute approximate surface area is 102 Å². The van der Waals surface area contributed by atoms with Crippen LogP contribution in [-0.2, 0) is 9.59 Å². The highest BCUT2D eigenvalue weighted by Gasteiger charge is 2.51. The van der Waals surface area contributed by atoms with Gasteiger partial charge in [-0.05, 0) is 25.0 Å². The second-order valence-corrected chi connectivity index (χ2v) is 4.13. The molecule has 1 aliphatic rings. The van der Waals surface area contributed by atoms with Crippen molar-refractivity contribution in [3.63, 3.8) is 0 Å². The van der Waals surface area contributed by atoms with Gasteiger partial charge in [-0.3, -0.25) is 14.9 Å². The van der Waals surface area contributed by atoms with Crippen molar-refractivity contribution in [2.45, 2.75) is 12.8 Å². The van der Waals surface area contributed by atoms with E-state index in [-0.39, 0.29) is 18.5 Å². The molecule has 2 rings (SSSR count). The monoisotopic (exact) mass is 249 g/mol. The van der Waals surface area contributed by atoms with E-state index in [1.807, 2.05) is 0 Å². The van der Waals surface area contributed by atoms with Gasteiger partial charge < -0.3 is 15.2 Å². The Hall–Kier alpha value is -2.44. The summed E-state index contributed by atoms with van der Waals surface area (Å²) in [4.78, 5) is 32.4. The van der Waals surface area contributed by atoms with Crippen LogP contribution in [-0.4, -0.2) is 16.8 Å². The van der Waals surface area contributed by atoms with Crippen LogP contribution in [0, 0.1) is 15.5 Å². The van der Waals surface area contributed by atoms with Crippen LogP contribution < -0.4 is 10.4 Å². The number of rotatable bonds is 4. The third-order valence-electron chi connectivity index (χ3n) is 2.91. The fourth-order valence-electron chi connectivity index (χ4n) is 1.57. The summed E-state index contributed by atoms with van der Waals surface area (Å²) >= 11 is 0. The fourth-order valence-corrected chi connectivity index (χ4v) is 1.57. The van der Waals surface area contributed by atoms with Crippen molar-refractivity contribution in [3.05, 3.63) is 34.4 Å². The molecule has 1 aromatic rings. The maximum Gasteiger partial charge on any atom is 0.269 e. The molecule has 1 aliphatic carbocycles. The van der Waals surface area contributed by atoms with Gasteiger partial charge in [0.1, 0.15) is 0 Å². The first-order valence-corrected chi connectivity index (χ1v) is 5.23. The highest BCUT2D eigenvalue weighted by molar-refractivity contribution is 6.10. The summed E-state index contributed by atoms with van der Waals surface area (Å²) in [5, 5.41) is 23.6. The molecule has 0 aromatic heterocycles. The number of hydrogen-bond acceptors (Lipinski definition) is 5. The Bertz CT molecular complexity index is 519. The number of nitrogens with zero attached hydrogens (tertiary/aromatic N) is 1. The Kier molecular flexibility index (Phi) is 2.74. The molecule has 0 aliphatic heterocycles. The maximum atomic E-state index is 11.7. The lowest BCUT2D eigenvalue weighted by Gasteiger charge is -2.15. The molecule has 7 heteroatoms. The van der Waals surface area contributed by atoms with Gasteiger partial charge in [-0.2, -0.15) is 0 Å². The van der Waals surface area contributed by atoms with Gasteiger partial charge in [0.05, 0.1) is 16.3 Å². The quantitative estimate of drug-likeness (QED) is 0.460. The average molecular weight is 249 g/mol. The Morgan fingerprint density at radius 2 is 1.78 bits per heavy atom. The van der Waals surface area contributed by atoms with E-state index >= 15 is 0 Å². The number of non-ortho nitro benzene ring substituents is 1. The molecule has 1 saturated carbocycles. The molecule has 1 amide bonds. The molecular formula is C11H9N2O5-. The number of nitro benzene ring substituents is 1. The molecule has 7 nitrogen and oxygen atoms in total. The van der Waals surface area contributed by atoms with Crippen molar-refractivity contribution in [1.29, 1.82) is 0 Å². The largest absolute Gasteiger partial charge is 0.549 e. The highest BCUT2D eigenvalue weighted by Crippen LogP contribution is 2.46. The SMILES string of the molecule is O=C([O-])C1(C(=O)Nc2ccc([N+](=O)[O-])cc2)CC1. The highest BCUT2D eigenvalue weighted by atomic mass is 16.6. The zero-order valence-electron chi connectivity index (χ0n) is 9.21. The predicted molar refractivity (Wildman–Crippen MR) is 58.4 cm³/mol. The summed E-state index contributed by atoms with van der Waals surface area (Å²) in [5.74, 6) is -2.03. The lowest BCUT2D eigenvalue weighted by Crippen LogP contribution is -2.41. The van der Waals surface area contributed by atoms with E-state index < -0.39 is 22.2 Å². The van der Waals surface area contributed by atoms with Crippen molar-refractivity contribution in [2.24, 2.45) is 5.41 Å². The molecule has 1 N–H and O–H groups in total. The third kappa shape index (κ3) is 2.02. The van der Waals surface area contributed by atoms with Crippen molar-refractivity contribution >= 4 is 23.3 Å². The summed E-state index contributed by atoms with van der Waals surface area (Å²) < 4.78 is 0. The molecule has 0 unspecified atom stereocenters. The van der Waals surface area contributed by atoms with E-state index in [1.165, 1.54) is 24.3 Å². The van der Waals surface area contributed by atoms with Crippen LogP contribution in [0.3, 0.4) is 0 Å². The van der Waals surface area contributed by atoms with Gasteiger partial charge >= 0.3 is 0 Å². The van der Waals surface area contributed by atoms with Gasteiger partial charge in [-0.25, -0.2) is 0 Å². The maximum absolute atomic E-state index is 11.7. The van der Waals surface area contributed by atoms with Crippen molar-refractivity contribution < 1.29 is 19.6 Å². The summed E-state index contributed by atoms with van der Waals surface area (Å²) in [6.45, 7) is 0. The van der Waals surface area contributed by atoms with Crippen LogP contribution in [0.4, 0.5) is 11.4 Å². The molecule has 0 atom stereocenters. The van der Waals surface area contributed by atoms with E-state index in [2.05, 4.69) is 5.32 Å². The van der Waals surface area contributed by atoms with E-state index in [0.29, 0.717) is 5.69 Å². The number of amides is 1. The molecule has 0 bridgehead atoms. The van der Waals surface area contributed by atoms with Gasteiger partial charge in [0.25, 0.3) is 5.69 Å². The summed E-state index contributed by atoms with van der Waals surface area (Å²) in [6.07, 6.45) is 0.516. The van der Waals surface area contributed by atoms with Crippen LogP contribution in [0.25, 0.3) is 0 Å². The second kappa shape index (κ2) is 4.10. The van der Waals surface area contributed by atoms with Crippen LogP contribution in [0.5, 0.6) is 0 Å². The van der Waals surface area contributed by atoms with E-state index in [1.54, 1.807) is 0 Å². The van der Waals surface area contributed by atoms with E-state index in [9.17, 15) is 24.8 Å². The molecule has 1 aromatic carbocycles. The number of nitrogens with one attached hydrogen (secondary N) is 1. The first kappa shape index (κ1) is 12.0. The van der Waals surface area contributed by atoms with Crippen LogP contribution >= 0.6 is 0 Å². The summed E-state index contributed by atoms with van der Waals surface area (Å²) in [6, 6.07) is 5.16. The molecule has 18 heavy (non-hydrogen) atoms. The predicted octanol–water partition coefficient (Wildman–Crippen LogP) is 0.0634. The zero-order valence-corrected chi connectivity index (χ0v) is 9.21. The molecule has 0 heterocycles. The lowest BCUT2D eigenvalue weighted by atomic mass is 10.1. The number of carbonyl (C=O) groups is 2. The normalized spacial score (nSPS) is 15.8. The van der Waals surface area contributed by atoms with Crippen molar-refractivity contribution in [1.82, 2.24) is 0 Å². The summed E-state index contributed by atoms with van der Waals surface area (Å²) in [7, 11) is 0. The van der Waals surface area contributed by atoms with E-state index in [4.69, 9.17) is 0 Å². The zero-order chi connectivity index (χ0) is 13.3. The number of hydrogen-bond donors (Lipinski definition) is 1. The number of carbonyl (C=O) groups excluding carboxylic acids is 2. The molecular weight excluding hydrogens is 240 g/mol. The Morgan fingerprint density at radius 3 is 2.17 bits per heavy atom. The van der Waals surface area contributed by atoms with E-state index in [0.717, 1.165) is 0 Å². The van der Waals surface area contributed by atoms with Crippen molar-refractivity contribution in [2.75, 3.05) is 5.32 Å². The number of benzene rings is 1. The van der Waals surface area contributed by atoms with Gasteiger partial charge in [0.15, 0.2) is 0 Å². The number of carboxylic acid groups (broad SMARTS) is 1. The number of anilines is 1. The number of nitro groups is 1. The van der Waals surface area contributed by atoms with Gasteiger partial charge in [-0.1, -0.05) is 0 Å². The fraction of sp³-hybridized carbons (Fsp3) is 0.273. The lowest BCUT2D eigenvalue weighted by molar-refractivity contribution is -0.384. The van der Waals surface area contributed by atoms with Gasteiger partial charge in [0.2, 0.25) is 5.91 Å². The van der Waals surface area contributed by atoms with Gasteiger partial charge in [0, 0.05) is 17.8 Å². The molecule has 94 valence electrons. The minimum Gasteiger partial charge on any atom is -0.549 e. The van der Waals surface area contributed by atoms with Crippen molar-refractivity contribution in [3.8, 4) is 0 Å². The average Bonchev–Trinajstić information content (AvgIpc) is 3.10. The standard InChI is InChI=1S/C11H10N2O5/c14-9(11(5-6-11)10(15)16)12-7-1-3-8(4-2-7)13(17)18/h1-4H,5-6H2,(H,12,14)(H,15,16)/p-1. The second-order valence-electron chi connectivity index (χ2n) is 4.13. The van der Waals surface area contributed by atoms with Gasteiger partial charge in [-0.15, -0.1) is 0 Å². The Morgan fingerprint density at radius 1 is 1.22 bits per heavy atom. The van der Waals surface area contributed by atoms with Crippen LogP contribution in [0.1, 0.15) is 12.8 Å². The number of carboxylic acids is 1. The first-order chi connectivity index (χ1) is 8.45. The minimum absolute atomic E-state index is 0.103. The number of aliphatic carboxylic acids is 1. The topological polar surface area (TPSA) is 112 Å².